The van der Waals surface area contributed by atoms with Crippen LogP contribution in [0.25, 0.3) is 0 Å². The van der Waals surface area contributed by atoms with Gasteiger partial charge in [0.15, 0.2) is 0 Å². The molecule has 0 fully saturated rings. The summed E-state index contributed by atoms with van der Waals surface area (Å²) in [6, 6.07) is 0. The summed E-state index contributed by atoms with van der Waals surface area (Å²) in [5.41, 5.74) is 0.293. The van der Waals surface area contributed by atoms with Crippen molar-refractivity contribution in [2.45, 2.75) is 34.1 Å². The number of allylic oxidation sites excluding steroid dienone is 2. The molecule has 0 aliphatic heterocycles. The Hall–Kier alpha value is -0.170. The van der Waals surface area contributed by atoms with Gasteiger partial charge in [0.05, 0.1) is 0 Å². The molecular weight excluding hydrogens is 152 g/mol. The highest BCUT2D eigenvalue weighted by Gasteiger charge is 2.02. The molecule has 0 aromatic rings. The van der Waals surface area contributed by atoms with Gasteiger partial charge in [0.2, 0.25) is 0 Å². The Morgan fingerprint density at radius 2 is 2.00 bits per heavy atom. The smallest absolute Gasteiger partial charge is 0.0183 e. The molecule has 0 aromatic heterocycles. The molecule has 11 heavy (non-hydrogen) atoms. The van der Waals surface area contributed by atoms with Crippen molar-refractivity contribution >= 4 is 11.8 Å². The minimum atomic E-state index is 0.293. The van der Waals surface area contributed by atoms with Gasteiger partial charge < -0.3 is 0 Å². The van der Waals surface area contributed by atoms with E-state index in [1.165, 1.54) is 4.91 Å². The lowest BCUT2D eigenvalue weighted by molar-refractivity contribution is 0.545. The summed E-state index contributed by atoms with van der Waals surface area (Å²) < 4.78 is 0. The Bertz CT molecular complexity index is 149. The highest BCUT2D eigenvalue weighted by Crippen LogP contribution is 2.22. The molecule has 0 aliphatic carbocycles. The first-order chi connectivity index (χ1) is 4.95. The van der Waals surface area contributed by atoms with Crippen LogP contribution in [0.2, 0.25) is 0 Å². The van der Waals surface area contributed by atoms with Crippen LogP contribution in [0.15, 0.2) is 23.0 Å². The van der Waals surface area contributed by atoms with Crippen molar-refractivity contribution in [1.29, 1.82) is 0 Å². The van der Waals surface area contributed by atoms with Gasteiger partial charge in [0, 0.05) is 0 Å². The maximum Gasteiger partial charge on any atom is -0.0183 e. The zero-order valence-corrected chi connectivity index (χ0v) is 8.79. The predicted molar refractivity (Wildman–Crippen MR) is 55.6 cm³/mol. The fourth-order valence-corrected chi connectivity index (χ4v) is 1.25. The summed E-state index contributed by atoms with van der Waals surface area (Å²) in [6.45, 7) is 12.6. The summed E-state index contributed by atoms with van der Waals surface area (Å²) in [5, 5.41) is 2.13. The summed E-state index contributed by atoms with van der Waals surface area (Å²) in [5.74, 6) is 0. The summed E-state index contributed by atoms with van der Waals surface area (Å²) >= 11 is 1.73. The van der Waals surface area contributed by atoms with Gasteiger partial charge in [0.25, 0.3) is 0 Å². The average Bonchev–Trinajstić information content (AvgIpc) is 1.85. The molecule has 0 amide bonds. The summed E-state index contributed by atoms with van der Waals surface area (Å²) in [7, 11) is 0. The minimum Gasteiger partial charge on any atom is -0.103 e. The molecule has 0 saturated heterocycles. The fraction of sp³-hybridized carbons (Fsp3) is 0.600. The van der Waals surface area contributed by atoms with Gasteiger partial charge in [-0.1, -0.05) is 40.3 Å². The van der Waals surface area contributed by atoms with Gasteiger partial charge in [-0.3, -0.25) is 0 Å². The van der Waals surface area contributed by atoms with Crippen LogP contribution < -0.4 is 0 Å². The topological polar surface area (TPSA) is 0 Å². The maximum absolute atomic E-state index is 3.90. The molecule has 0 atom stereocenters. The largest absolute Gasteiger partial charge is 0.103 e. The third kappa shape index (κ3) is 7.73. The molecular formula is C10H18S. The molecule has 0 spiro atoms. The molecule has 0 aromatic carbocycles. The van der Waals surface area contributed by atoms with Crippen molar-refractivity contribution in [2.75, 3.05) is 0 Å². The van der Waals surface area contributed by atoms with Crippen LogP contribution in [-0.4, -0.2) is 0 Å². The van der Waals surface area contributed by atoms with Gasteiger partial charge in [-0.05, 0) is 22.1 Å². The quantitative estimate of drug-likeness (QED) is 0.611. The third-order valence-electron chi connectivity index (χ3n) is 1.20. The van der Waals surface area contributed by atoms with Gasteiger partial charge in [0.1, 0.15) is 0 Å². The molecule has 0 aliphatic rings. The number of hydrogen-bond donors (Lipinski definition) is 0. The van der Waals surface area contributed by atoms with Crippen molar-refractivity contribution in [2.24, 2.45) is 5.41 Å². The van der Waals surface area contributed by atoms with Crippen LogP contribution in [0.5, 0.6) is 0 Å². The van der Waals surface area contributed by atoms with Crippen molar-refractivity contribution in [3.05, 3.63) is 23.0 Å². The molecule has 0 rings (SSSR count). The van der Waals surface area contributed by atoms with Crippen molar-refractivity contribution in [1.82, 2.24) is 0 Å². The molecule has 0 saturated carbocycles. The van der Waals surface area contributed by atoms with E-state index in [0.717, 1.165) is 6.42 Å². The Morgan fingerprint density at radius 3 is 2.36 bits per heavy atom. The molecule has 0 nitrogen and oxygen atoms in total. The van der Waals surface area contributed by atoms with E-state index in [9.17, 15) is 0 Å². The number of hydrogen-bond acceptors (Lipinski definition) is 1. The standard InChI is InChI=1S/C10H18S/c1-6-9(2)11-8-7-10(3,4)5/h7-8H,2,6H2,1,3-5H3/b8-7-. The Kier molecular flexibility index (Phi) is 4.58. The monoisotopic (exact) mass is 170 g/mol. The van der Waals surface area contributed by atoms with Crippen LogP contribution in [0, 0.1) is 5.41 Å². The van der Waals surface area contributed by atoms with E-state index in [1.54, 1.807) is 11.8 Å². The molecule has 0 unspecified atom stereocenters. The van der Waals surface area contributed by atoms with Crippen molar-refractivity contribution < 1.29 is 0 Å². The second-order valence-corrected chi connectivity index (χ2v) is 4.76. The lowest BCUT2D eigenvalue weighted by Gasteiger charge is -2.10. The molecule has 64 valence electrons. The number of rotatable bonds is 3. The average molecular weight is 170 g/mol. The Balaban J connectivity index is 3.70. The lowest BCUT2D eigenvalue weighted by atomic mass is 9.98. The van der Waals surface area contributed by atoms with E-state index < -0.39 is 0 Å². The van der Waals surface area contributed by atoms with E-state index >= 15 is 0 Å². The van der Waals surface area contributed by atoms with Gasteiger partial charge in [-0.25, -0.2) is 0 Å². The molecule has 0 heterocycles. The highest BCUT2D eigenvalue weighted by atomic mass is 32.2. The first kappa shape index (κ1) is 10.8. The summed E-state index contributed by atoms with van der Waals surface area (Å²) in [6.07, 6.45) is 3.26. The zero-order valence-electron chi connectivity index (χ0n) is 7.98. The second kappa shape index (κ2) is 4.66. The van der Waals surface area contributed by atoms with E-state index in [2.05, 4.69) is 45.8 Å². The molecule has 0 N–H and O–H groups in total. The maximum atomic E-state index is 3.90. The highest BCUT2D eigenvalue weighted by molar-refractivity contribution is 8.05. The number of thioether (sulfide) groups is 1. The molecule has 0 bridgehead atoms. The van der Waals surface area contributed by atoms with E-state index in [0.29, 0.717) is 5.41 Å². The van der Waals surface area contributed by atoms with Crippen LogP contribution in [0.1, 0.15) is 34.1 Å². The lowest BCUT2D eigenvalue weighted by Crippen LogP contribution is -1.97. The van der Waals surface area contributed by atoms with Gasteiger partial charge in [-0.15, -0.1) is 11.8 Å². The van der Waals surface area contributed by atoms with Crippen LogP contribution >= 0.6 is 11.8 Å². The minimum absolute atomic E-state index is 0.293. The Morgan fingerprint density at radius 1 is 1.45 bits per heavy atom. The van der Waals surface area contributed by atoms with E-state index in [-0.39, 0.29) is 0 Å². The van der Waals surface area contributed by atoms with Crippen molar-refractivity contribution in [3.63, 3.8) is 0 Å². The normalized spacial score (nSPS) is 12.4. The van der Waals surface area contributed by atoms with Gasteiger partial charge >= 0.3 is 0 Å². The summed E-state index contributed by atoms with van der Waals surface area (Å²) in [4.78, 5) is 1.23. The van der Waals surface area contributed by atoms with Crippen molar-refractivity contribution in [3.8, 4) is 0 Å². The Labute approximate surface area is 74.8 Å². The third-order valence-corrected chi connectivity index (χ3v) is 2.09. The predicted octanol–water partition coefficient (Wildman–Crippen LogP) is 4.20. The fourth-order valence-electron chi connectivity index (χ4n) is 0.418. The SMILES string of the molecule is C=C(CC)S/C=C\C(C)(C)C. The first-order valence-electron chi connectivity index (χ1n) is 3.98. The molecule has 1 heteroatoms. The van der Waals surface area contributed by atoms with E-state index in [1.807, 2.05) is 0 Å². The van der Waals surface area contributed by atoms with Gasteiger partial charge in [-0.2, -0.15) is 0 Å². The first-order valence-corrected chi connectivity index (χ1v) is 4.86. The van der Waals surface area contributed by atoms with Crippen LogP contribution in [-0.2, 0) is 0 Å². The van der Waals surface area contributed by atoms with Crippen LogP contribution in [0.4, 0.5) is 0 Å². The van der Waals surface area contributed by atoms with E-state index in [4.69, 9.17) is 0 Å². The zero-order chi connectivity index (χ0) is 8.91. The van der Waals surface area contributed by atoms with Crippen LogP contribution in [0.3, 0.4) is 0 Å². The second-order valence-electron chi connectivity index (χ2n) is 3.68. The molecule has 0 radical (unpaired) electrons.